The highest BCUT2D eigenvalue weighted by Crippen LogP contribution is 2.30. The van der Waals surface area contributed by atoms with E-state index >= 15 is 0 Å². The van der Waals surface area contributed by atoms with Crippen molar-refractivity contribution >= 4 is 11.9 Å². The number of cyclic esters (lactones) is 2. The van der Waals surface area contributed by atoms with Crippen molar-refractivity contribution in [3.05, 3.63) is 71.8 Å². The lowest BCUT2D eigenvalue weighted by atomic mass is 10.1. The van der Waals surface area contributed by atoms with Crippen LogP contribution < -0.4 is 0 Å². The number of ether oxygens (including phenoxy) is 4. The molecule has 2 saturated heterocycles. The average molecular weight is 623 g/mol. The van der Waals surface area contributed by atoms with Gasteiger partial charge in [0.05, 0.1) is 13.2 Å². The summed E-state index contributed by atoms with van der Waals surface area (Å²) in [6.45, 7) is 13.8. The summed E-state index contributed by atoms with van der Waals surface area (Å²) in [5.74, 6) is -1.94. The molecular weight excluding hydrogens is 568 g/mol. The Morgan fingerprint density at radius 2 is 1.02 bits per heavy atom. The van der Waals surface area contributed by atoms with Crippen LogP contribution in [0, 0.1) is 11.8 Å². The lowest BCUT2D eigenvalue weighted by Gasteiger charge is -2.26. The van der Waals surface area contributed by atoms with Gasteiger partial charge in [-0.2, -0.15) is 0 Å². The first-order valence-electron chi connectivity index (χ1n) is 16.9. The fourth-order valence-corrected chi connectivity index (χ4v) is 5.94. The molecule has 2 heterocycles. The highest BCUT2D eigenvalue weighted by atomic mass is 16.8. The second-order valence-electron chi connectivity index (χ2n) is 13.5. The molecule has 2 aromatic carbocycles. The fourth-order valence-electron chi connectivity index (χ4n) is 5.94. The largest absolute Gasteiger partial charge is 0.463 e. The Morgan fingerprint density at radius 3 is 1.42 bits per heavy atom. The molecule has 0 spiro atoms. The summed E-state index contributed by atoms with van der Waals surface area (Å²) in [7, 11) is 0. The first kappa shape index (κ1) is 35.1. The van der Waals surface area contributed by atoms with Gasteiger partial charge in [-0.1, -0.05) is 87.4 Å². The number of hydrogen-bond donors (Lipinski definition) is 0. The standard InChI is InChI=1S/C37H54N2O6/c1-29-19-23-38(25-31-15-9-7-10-16-31)21-13-5-6-14-22-39(26-32-17-11-8-12-18-32)24-20-30(2)28-43-36(41)34-33(35(40)42-27-29)44-37(3,4)45-34/h7-12,15-18,29-30,33-34H,5-6,13-14,19-28H2,1-4H3/t29?,30?,33-,34-/m1/s1. The van der Waals surface area contributed by atoms with E-state index in [0.717, 1.165) is 65.0 Å². The van der Waals surface area contributed by atoms with Gasteiger partial charge >= 0.3 is 11.9 Å². The lowest BCUT2D eigenvalue weighted by molar-refractivity contribution is -0.174. The molecule has 248 valence electrons. The maximum absolute atomic E-state index is 13.1. The summed E-state index contributed by atoms with van der Waals surface area (Å²) >= 11 is 0. The van der Waals surface area contributed by atoms with E-state index < -0.39 is 29.9 Å². The molecule has 0 aromatic heterocycles. The molecule has 0 N–H and O–H groups in total. The number of rotatable bonds is 4. The van der Waals surface area contributed by atoms with Crippen LogP contribution in [0.5, 0.6) is 0 Å². The molecule has 0 aliphatic carbocycles. The van der Waals surface area contributed by atoms with Crippen LogP contribution in [-0.2, 0) is 41.6 Å². The van der Waals surface area contributed by atoms with Crippen LogP contribution in [0.2, 0.25) is 0 Å². The minimum absolute atomic E-state index is 0.155. The zero-order valence-electron chi connectivity index (χ0n) is 27.8. The molecule has 0 radical (unpaired) electrons. The number of hydrogen-bond acceptors (Lipinski definition) is 8. The smallest absolute Gasteiger partial charge is 0.338 e. The third-order valence-electron chi connectivity index (χ3n) is 8.65. The van der Waals surface area contributed by atoms with Crippen molar-refractivity contribution in [1.29, 1.82) is 0 Å². The molecule has 8 heteroatoms. The van der Waals surface area contributed by atoms with Crippen molar-refractivity contribution < 1.29 is 28.5 Å². The SMILES string of the molecule is CC1CCN(Cc2ccccc2)CCCCCCN(Cc2ccccc2)CCC(C)COC(=O)[C@@H]2OC(C)(C)O[C@H]2C(=O)OC1. The van der Waals surface area contributed by atoms with Gasteiger partial charge in [0.25, 0.3) is 0 Å². The minimum atomic E-state index is -1.15. The van der Waals surface area contributed by atoms with E-state index in [1.165, 1.54) is 24.0 Å². The lowest BCUT2D eigenvalue weighted by Crippen LogP contribution is -2.40. The van der Waals surface area contributed by atoms with Gasteiger partial charge in [-0.05, 0) is 88.7 Å². The molecular formula is C37H54N2O6. The number of esters is 2. The van der Waals surface area contributed by atoms with E-state index in [-0.39, 0.29) is 25.0 Å². The summed E-state index contributed by atoms with van der Waals surface area (Å²) in [6.07, 6.45) is 4.21. The zero-order valence-corrected chi connectivity index (χ0v) is 27.8. The minimum Gasteiger partial charge on any atom is -0.463 e. The number of nitrogens with zero attached hydrogens (tertiary/aromatic N) is 2. The number of fused-ring (bicyclic) bond motifs is 1. The predicted molar refractivity (Wildman–Crippen MR) is 175 cm³/mol. The van der Waals surface area contributed by atoms with Crippen LogP contribution in [0.1, 0.15) is 77.3 Å². The molecule has 2 aliphatic rings. The van der Waals surface area contributed by atoms with E-state index in [1.807, 2.05) is 0 Å². The summed E-state index contributed by atoms with van der Waals surface area (Å²) in [5.41, 5.74) is 2.62. The van der Waals surface area contributed by atoms with Gasteiger partial charge in [-0.3, -0.25) is 9.80 Å². The summed E-state index contributed by atoms with van der Waals surface area (Å²) < 4.78 is 23.0. The van der Waals surface area contributed by atoms with Gasteiger partial charge in [-0.15, -0.1) is 0 Å². The van der Waals surface area contributed by atoms with Crippen LogP contribution >= 0.6 is 0 Å². The highest BCUT2D eigenvalue weighted by Gasteiger charge is 2.50. The molecule has 4 atom stereocenters. The second kappa shape index (κ2) is 17.8. The van der Waals surface area contributed by atoms with Gasteiger partial charge in [0.1, 0.15) is 0 Å². The predicted octanol–water partition coefficient (Wildman–Crippen LogP) is 6.22. The normalized spacial score (nSPS) is 27.4. The fraction of sp³-hybridized carbons (Fsp3) is 0.622. The van der Waals surface area contributed by atoms with Crippen molar-refractivity contribution in [2.75, 3.05) is 39.4 Å². The monoisotopic (exact) mass is 622 g/mol. The van der Waals surface area contributed by atoms with Crippen molar-refractivity contribution in [3.63, 3.8) is 0 Å². The van der Waals surface area contributed by atoms with E-state index in [4.69, 9.17) is 18.9 Å². The quantitative estimate of drug-likeness (QED) is 0.372. The Balaban J connectivity index is 1.43. The molecule has 0 amide bonds. The topological polar surface area (TPSA) is 77.5 Å². The summed E-state index contributed by atoms with van der Waals surface area (Å²) in [6, 6.07) is 21.2. The van der Waals surface area contributed by atoms with Gasteiger partial charge in [0, 0.05) is 13.1 Å². The van der Waals surface area contributed by atoms with Gasteiger partial charge < -0.3 is 18.9 Å². The van der Waals surface area contributed by atoms with E-state index in [0.29, 0.717) is 0 Å². The number of carbonyl (C=O) groups is 2. The zero-order chi connectivity index (χ0) is 32.1. The first-order valence-corrected chi connectivity index (χ1v) is 16.9. The summed E-state index contributed by atoms with van der Waals surface area (Å²) in [4.78, 5) is 31.3. The Kier molecular flexibility index (Phi) is 13.9. The van der Waals surface area contributed by atoms with Crippen LogP contribution in [0.25, 0.3) is 0 Å². The van der Waals surface area contributed by atoms with Crippen LogP contribution in [0.4, 0.5) is 0 Å². The first-order chi connectivity index (χ1) is 21.7. The number of carbonyl (C=O) groups excluding carboxylic acids is 2. The molecule has 4 rings (SSSR count). The molecule has 2 unspecified atom stereocenters. The molecule has 2 aromatic rings. The molecule has 2 aliphatic heterocycles. The molecule has 0 bridgehead atoms. The Morgan fingerprint density at radius 1 is 0.622 bits per heavy atom. The maximum Gasteiger partial charge on any atom is 0.338 e. The van der Waals surface area contributed by atoms with Gasteiger partial charge in [0.2, 0.25) is 0 Å². The molecule has 8 nitrogen and oxygen atoms in total. The second-order valence-corrected chi connectivity index (χ2v) is 13.5. The third kappa shape index (κ3) is 12.2. The maximum atomic E-state index is 13.1. The molecule has 0 saturated carbocycles. The molecule has 45 heavy (non-hydrogen) atoms. The van der Waals surface area contributed by atoms with Crippen molar-refractivity contribution in [3.8, 4) is 0 Å². The molecule has 2 fully saturated rings. The van der Waals surface area contributed by atoms with E-state index in [2.05, 4.69) is 84.3 Å². The highest BCUT2D eigenvalue weighted by molar-refractivity contribution is 5.86. The van der Waals surface area contributed by atoms with E-state index in [1.54, 1.807) is 13.8 Å². The van der Waals surface area contributed by atoms with Crippen LogP contribution in [0.15, 0.2) is 60.7 Å². The van der Waals surface area contributed by atoms with Crippen LogP contribution in [-0.4, -0.2) is 79.1 Å². The average Bonchev–Trinajstić information content (AvgIpc) is 3.37. The van der Waals surface area contributed by atoms with Gasteiger partial charge in [-0.25, -0.2) is 9.59 Å². The third-order valence-corrected chi connectivity index (χ3v) is 8.65. The van der Waals surface area contributed by atoms with Crippen molar-refractivity contribution in [2.45, 2.75) is 97.3 Å². The Labute approximate surface area is 270 Å². The Hall–Kier alpha value is -2.78. The van der Waals surface area contributed by atoms with E-state index in [9.17, 15) is 9.59 Å². The van der Waals surface area contributed by atoms with Crippen molar-refractivity contribution in [2.24, 2.45) is 11.8 Å². The summed E-state index contributed by atoms with van der Waals surface area (Å²) in [5, 5.41) is 0. The van der Waals surface area contributed by atoms with Crippen LogP contribution in [0.3, 0.4) is 0 Å². The Bertz CT molecular complexity index is 1070. The number of benzene rings is 2. The van der Waals surface area contributed by atoms with Crippen molar-refractivity contribution in [1.82, 2.24) is 9.80 Å². The van der Waals surface area contributed by atoms with Gasteiger partial charge in [0.15, 0.2) is 18.0 Å².